The van der Waals surface area contributed by atoms with E-state index in [1.807, 2.05) is 0 Å². The normalized spacial score (nSPS) is 11.0. The van der Waals surface area contributed by atoms with Crippen molar-refractivity contribution in [3.63, 3.8) is 0 Å². The largest absolute Gasteiger partial charge is 0.496 e. The molecular weight excluding hydrogens is 208 g/mol. The Kier molecular flexibility index (Phi) is 3.83. The molecule has 0 radical (unpaired) electrons. The highest BCUT2D eigenvalue weighted by Gasteiger charge is 2.13. The number of benzene rings is 1. The molecule has 0 aliphatic carbocycles. The Morgan fingerprint density at radius 2 is 1.94 bits per heavy atom. The van der Waals surface area contributed by atoms with Crippen molar-refractivity contribution in [3.05, 3.63) is 35.4 Å². The fourth-order valence-electron chi connectivity index (χ4n) is 1.26. The summed E-state index contributed by atoms with van der Waals surface area (Å²) in [5.74, 6) is -1.20. The maximum Gasteiger partial charge on any atom is 0.339 e. The van der Waals surface area contributed by atoms with Crippen LogP contribution in [0.3, 0.4) is 0 Å². The number of rotatable bonds is 4. The average Bonchev–Trinajstić information content (AvgIpc) is 2.25. The molecular formula is C12H12O4. The summed E-state index contributed by atoms with van der Waals surface area (Å²) >= 11 is 0. The molecule has 84 valence electrons. The van der Waals surface area contributed by atoms with Crippen LogP contribution >= 0.6 is 0 Å². The summed E-state index contributed by atoms with van der Waals surface area (Å²) in [6.07, 6.45) is 1.31. The predicted octanol–water partition coefficient (Wildman–Crippen LogP) is 1.75. The molecule has 1 aromatic carbocycles. The highest BCUT2D eigenvalue weighted by Crippen LogP contribution is 2.20. The van der Waals surface area contributed by atoms with Gasteiger partial charge in [-0.05, 0) is 19.1 Å². The second-order valence-corrected chi connectivity index (χ2v) is 3.16. The number of hydrogen-bond acceptors (Lipinski definition) is 3. The predicted molar refractivity (Wildman–Crippen MR) is 59.3 cm³/mol. The smallest absolute Gasteiger partial charge is 0.339 e. The molecule has 16 heavy (non-hydrogen) atoms. The summed E-state index contributed by atoms with van der Waals surface area (Å²) in [6, 6.07) is 6.90. The lowest BCUT2D eigenvalue weighted by molar-refractivity contribution is -0.134. The number of ether oxygens (including phenoxy) is 1. The molecule has 0 bridgehead atoms. The lowest BCUT2D eigenvalue weighted by atomic mass is 10.1. The molecule has 0 spiro atoms. The summed E-state index contributed by atoms with van der Waals surface area (Å²) in [5.41, 5.74) is 0.308. The summed E-state index contributed by atoms with van der Waals surface area (Å²) in [6.45, 7) is 1.22. The molecule has 0 unspecified atom stereocenters. The van der Waals surface area contributed by atoms with Crippen molar-refractivity contribution in [1.29, 1.82) is 0 Å². The molecule has 0 atom stereocenters. The summed E-state index contributed by atoms with van der Waals surface area (Å²) in [7, 11) is 1.49. The second-order valence-electron chi connectivity index (χ2n) is 3.16. The topological polar surface area (TPSA) is 63.6 Å². The third-order valence-corrected chi connectivity index (χ3v) is 2.05. The maximum atomic E-state index is 11.1. The van der Waals surface area contributed by atoms with Gasteiger partial charge in [0.2, 0.25) is 0 Å². The minimum Gasteiger partial charge on any atom is -0.496 e. The molecule has 1 N–H and O–H groups in total. The number of carbonyl (C=O) groups is 2. The Morgan fingerprint density at radius 3 is 2.44 bits per heavy atom. The number of carboxylic acids is 1. The SMILES string of the molecule is COc1ccccc1C=C(C(C)=O)C(=O)O. The van der Waals surface area contributed by atoms with E-state index >= 15 is 0 Å². The van der Waals surface area contributed by atoms with Gasteiger partial charge in [0.15, 0.2) is 5.78 Å². The highest BCUT2D eigenvalue weighted by molar-refractivity contribution is 6.19. The number of hydrogen-bond donors (Lipinski definition) is 1. The minimum absolute atomic E-state index is 0.260. The van der Waals surface area contributed by atoms with E-state index in [1.165, 1.54) is 20.1 Å². The van der Waals surface area contributed by atoms with Crippen LogP contribution in [0.25, 0.3) is 6.08 Å². The first-order valence-electron chi connectivity index (χ1n) is 4.65. The molecule has 4 nitrogen and oxygen atoms in total. The van der Waals surface area contributed by atoms with Gasteiger partial charge in [0.25, 0.3) is 0 Å². The van der Waals surface area contributed by atoms with Crippen LogP contribution < -0.4 is 4.74 Å². The Morgan fingerprint density at radius 1 is 1.31 bits per heavy atom. The Balaban J connectivity index is 3.23. The number of para-hydroxylation sites is 1. The lowest BCUT2D eigenvalue weighted by Crippen LogP contribution is -2.08. The van der Waals surface area contributed by atoms with Gasteiger partial charge in [0.05, 0.1) is 7.11 Å². The standard InChI is InChI=1S/C12H12O4/c1-8(13)10(12(14)15)7-9-5-3-4-6-11(9)16-2/h3-7H,1-2H3,(H,14,15). The average molecular weight is 220 g/mol. The van der Waals surface area contributed by atoms with E-state index < -0.39 is 11.8 Å². The van der Waals surface area contributed by atoms with Crippen LogP contribution in [-0.2, 0) is 9.59 Å². The van der Waals surface area contributed by atoms with Gasteiger partial charge in [-0.2, -0.15) is 0 Å². The lowest BCUT2D eigenvalue weighted by Gasteiger charge is -2.04. The molecule has 0 fully saturated rings. The van der Waals surface area contributed by atoms with E-state index in [0.717, 1.165) is 0 Å². The van der Waals surface area contributed by atoms with Gasteiger partial charge in [-0.1, -0.05) is 18.2 Å². The van der Waals surface area contributed by atoms with Crippen LogP contribution in [0.1, 0.15) is 12.5 Å². The Bertz CT molecular complexity index is 430. The number of carboxylic acid groups (broad SMARTS) is 1. The molecule has 0 heterocycles. The Hall–Kier alpha value is -2.10. The Labute approximate surface area is 93.2 Å². The second kappa shape index (κ2) is 5.11. The van der Waals surface area contributed by atoms with Gasteiger partial charge < -0.3 is 9.84 Å². The molecule has 1 aromatic rings. The van der Waals surface area contributed by atoms with Crippen molar-refractivity contribution in [2.75, 3.05) is 7.11 Å². The molecule has 0 saturated carbocycles. The van der Waals surface area contributed by atoms with Crippen LogP contribution in [0.2, 0.25) is 0 Å². The monoisotopic (exact) mass is 220 g/mol. The van der Waals surface area contributed by atoms with Crippen LogP contribution in [0, 0.1) is 0 Å². The zero-order valence-electron chi connectivity index (χ0n) is 9.06. The van der Waals surface area contributed by atoms with Crippen molar-refractivity contribution < 1.29 is 19.4 Å². The molecule has 0 saturated heterocycles. The first-order chi connectivity index (χ1) is 7.56. The third kappa shape index (κ3) is 2.70. The zero-order valence-corrected chi connectivity index (χ0v) is 9.06. The molecule has 0 aliphatic heterocycles. The number of ketones is 1. The van der Waals surface area contributed by atoms with Gasteiger partial charge in [-0.25, -0.2) is 4.79 Å². The van der Waals surface area contributed by atoms with Crippen molar-refractivity contribution in [3.8, 4) is 5.75 Å². The van der Waals surface area contributed by atoms with Crippen LogP contribution in [0.15, 0.2) is 29.8 Å². The van der Waals surface area contributed by atoms with Gasteiger partial charge in [0.1, 0.15) is 11.3 Å². The van der Waals surface area contributed by atoms with E-state index in [1.54, 1.807) is 24.3 Å². The maximum absolute atomic E-state index is 11.1. The van der Waals surface area contributed by atoms with Crippen molar-refractivity contribution in [2.24, 2.45) is 0 Å². The van der Waals surface area contributed by atoms with Crippen molar-refractivity contribution >= 4 is 17.8 Å². The summed E-state index contributed by atoms with van der Waals surface area (Å²) in [4.78, 5) is 21.9. The molecule has 0 aliphatic rings. The number of carbonyl (C=O) groups excluding carboxylic acids is 1. The third-order valence-electron chi connectivity index (χ3n) is 2.05. The van der Waals surface area contributed by atoms with Crippen LogP contribution in [0.4, 0.5) is 0 Å². The zero-order chi connectivity index (χ0) is 12.1. The first-order valence-corrected chi connectivity index (χ1v) is 4.65. The quantitative estimate of drug-likeness (QED) is 0.477. The first kappa shape index (κ1) is 12.0. The fraction of sp³-hybridized carbons (Fsp3) is 0.167. The fourth-order valence-corrected chi connectivity index (χ4v) is 1.26. The molecule has 4 heteroatoms. The van der Waals surface area contributed by atoms with Crippen molar-refractivity contribution in [1.82, 2.24) is 0 Å². The van der Waals surface area contributed by atoms with Crippen molar-refractivity contribution in [2.45, 2.75) is 6.92 Å². The van der Waals surface area contributed by atoms with E-state index in [-0.39, 0.29) is 5.57 Å². The molecule has 0 aromatic heterocycles. The molecule has 1 rings (SSSR count). The molecule has 0 amide bonds. The number of aliphatic carboxylic acids is 1. The summed E-state index contributed by atoms with van der Waals surface area (Å²) in [5, 5.41) is 8.84. The van der Waals surface area contributed by atoms with Crippen LogP contribution in [-0.4, -0.2) is 24.0 Å². The van der Waals surface area contributed by atoms with E-state index in [9.17, 15) is 9.59 Å². The summed E-state index contributed by atoms with van der Waals surface area (Å²) < 4.78 is 5.06. The van der Waals surface area contributed by atoms with Gasteiger partial charge in [0, 0.05) is 5.56 Å². The highest BCUT2D eigenvalue weighted by atomic mass is 16.5. The van der Waals surface area contributed by atoms with Gasteiger partial charge >= 0.3 is 5.97 Å². The number of Topliss-reactive ketones (excluding diaryl/α,β-unsaturated/α-hetero) is 1. The van der Waals surface area contributed by atoms with E-state index in [0.29, 0.717) is 11.3 Å². The van der Waals surface area contributed by atoms with Crippen LogP contribution in [0.5, 0.6) is 5.75 Å². The minimum atomic E-state index is -1.24. The number of methoxy groups -OCH3 is 1. The van der Waals surface area contributed by atoms with Gasteiger partial charge in [-0.3, -0.25) is 4.79 Å². The van der Waals surface area contributed by atoms with Gasteiger partial charge in [-0.15, -0.1) is 0 Å². The van der Waals surface area contributed by atoms with E-state index in [2.05, 4.69) is 0 Å². The van der Waals surface area contributed by atoms with E-state index in [4.69, 9.17) is 9.84 Å².